The Kier molecular flexibility index (Phi) is 6.61. The highest BCUT2D eigenvalue weighted by atomic mass is 32.1. The standard InChI is InChI=1S/C20H24N2O5S/c1-26-18(24)12-22-15-9-8-14(19(25)27-2)11-16(15)28-20(22)21-17(23)10-13-6-4-3-5-7-13/h8-9,11,13H,3-7,10,12H2,1-2H3. The Morgan fingerprint density at radius 1 is 1.14 bits per heavy atom. The molecular formula is C20H24N2O5S. The minimum absolute atomic E-state index is 0.0520. The number of carbonyl (C=O) groups excluding carboxylic acids is 3. The quantitative estimate of drug-likeness (QED) is 0.715. The van der Waals surface area contributed by atoms with Gasteiger partial charge in [-0.2, -0.15) is 4.99 Å². The number of amides is 1. The molecule has 150 valence electrons. The maximum Gasteiger partial charge on any atom is 0.337 e. The third-order valence-electron chi connectivity index (χ3n) is 5.03. The van der Waals surface area contributed by atoms with E-state index in [-0.39, 0.29) is 12.5 Å². The van der Waals surface area contributed by atoms with Gasteiger partial charge >= 0.3 is 11.9 Å². The maximum absolute atomic E-state index is 12.5. The number of thiazole rings is 1. The van der Waals surface area contributed by atoms with E-state index in [1.807, 2.05) is 0 Å². The first kappa shape index (κ1) is 20.3. The first-order valence-corrected chi connectivity index (χ1v) is 10.2. The molecule has 0 aliphatic heterocycles. The Balaban J connectivity index is 1.97. The minimum atomic E-state index is -0.443. The van der Waals surface area contributed by atoms with Gasteiger partial charge in [0.25, 0.3) is 0 Å². The number of hydrogen-bond donors (Lipinski definition) is 0. The average molecular weight is 404 g/mol. The lowest BCUT2D eigenvalue weighted by Crippen LogP contribution is -2.23. The van der Waals surface area contributed by atoms with Crippen LogP contribution in [-0.4, -0.2) is 36.6 Å². The van der Waals surface area contributed by atoms with Crippen LogP contribution in [0.25, 0.3) is 10.2 Å². The largest absolute Gasteiger partial charge is 0.468 e. The van der Waals surface area contributed by atoms with Gasteiger partial charge in [-0.1, -0.05) is 30.6 Å². The number of rotatable bonds is 5. The minimum Gasteiger partial charge on any atom is -0.468 e. The maximum atomic E-state index is 12.5. The smallest absolute Gasteiger partial charge is 0.337 e. The van der Waals surface area contributed by atoms with Crippen LogP contribution >= 0.6 is 11.3 Å². The third kappa shape index (κ3) is 4.67. The molecule has 1 aromatic carbocycles. The second-order valence-electron chi connectivity index (χ2n) is 6.93. The summed E-state index contributed by atoms with van der Waals surface area (Å²) in [6.07, 6.45) is 6.13. The van der Waals surface area contributed by atoms with Gasteiger partial charge in [-0.3, -0.25) is 9.59 Å². The number of methoxy groups -OCH3 is 2. The third-order valence-corrected chi connectivity index (χ3v) is 6.07. The highest BCUT2D eigenvalue weighted by Crippen LogP contribution is 2.26. The van der Waals surface area contributed by atoms with Crippen molar-refractivity contribution in [1.82, 2.24) is 4.57 Å². The van der Waals surface area contributed by atoms with Crippen molar-refractivity contribution in [2.24, 2.45) is 10.9 Å². The average Bonchev–Trinajstić information content (AvgIpc) is 3.03. The van der Waals surface area contributed by atoms with E-state index in [0.29, 0.717) is 28.2 Å². The van der Waals surface area contributed by atoms with E-state index in [1.165, 1.54) is 44.8 Å². The zero-order valence-electron chi connectivity index (χ0n) is 16.1. The van der Waals surface area contributed by atoms with Crippen molar-refractivity contribution >= 4 is 39.4 Å². The number of hydrogen-bond acceptors (Lipinski definition) is 6. The molecule has 1 heterocycles. The van der Waals surface area contributed by atoms with Crippen LogP contribution in [0.4, 0.5) is 0 Å². The van der Waals surface area contributed by atoms with Gasteiger partial charge in [-0.25, -0.2) is 4.79 Å². The van der Waals surface area contributed by atoms with Crippen molar-refractivity contribution in [2.75, 3.05) is 14.2 Å². The first-order chi connectivity index (χ1) is 13.5. The van der Waals surface area contributed by atoms with E-state index >= 15 is 0 Å². The highest BCUT2D eigenvalue weighted by molar-refractivity contribution is 7.16. The fourth-order valence-corrected chi connectivity index (χ4v) is 4.63. The highest BCUT2D eigenvalue weighted by Gasteiger charge is 2.18. The van der Waals surface area contributed by atoms with Crippen molar-refractivity contribution in [3.05, 3.63) is 28.6 Å². The van der Waals surface area contributed by atoms with Crippen LogP contribution in [0.2, 0.25) is 0 Å². The van der Waals surface area contributed by atoms with Gasteiger partial charge in [0, 0.05) is 6.42 Å². The Morgan fingerprint density at radius 2 is 1.89 bits per heavy atom. The van der Waals surface area contributed by atoms with Gasteiger partial charge in [0.15, 0.2) is 4.80 Å². The summed E-state index contributed by atoms with van der Waals surface area (Å²) >= 11 is 1.27. The number of esters is 2. The molecule has 1 aromatic heterocycles. The summed E-state index contributed by atoms with van der Waals surface area (Å²) in [5.74, 6) is -0.663. The Morgan fingerprint density at radius 3 is 2.57 bits per heavy atom. The number of fused-ring (bicyclic) bond motifs is 1. The fourth-order valence-electron chi connectivity index (χ4n) is 3.54. The summed E-state index contributed by atoms with van der Waals surface area (Å²) in [5, 5.41) is 0. The second kappa shape index (κ2) is 9.14. The van der Waals surface area contributed by atoms with E-state index in [4.69, 9.17) is 9.47 Å². The van der Waals surface area contributed by atoms with Crippen LogP contribution in [0, 0.1) is 5.92 Å². The number of aromatic nitrogens is 1. The molecule has 3 rings (SSSR count). The van der Waals surface area contributed by atoms with Crippen LogP contribution in [0.3, 0.4) is 0 Å². The molecule has 7 nitrogen and oxygen atoms in total. The molecule has 0 saturated heterocycles. The number of carbonyl (C=O) groups is 3. The van der Waals surface area contributed by atoms with Gasteiger partial charge in [-0.15, -0.1) is 0 Å². The van der Waals surface area contributed by atoms with Crippen LogP contribution < -0.4 is 4.80 Å². The number of ether oxygens (including phenoxy) is 2. The van der Waals surface area contributed by atoms with Crippen molar-refractivity contribution < 1.29 is 23.9 Å². The molecular weight excluding hydrogens is 380 g/mol. The molecule has 2 aromatic rings. The van der Waals surface area contributed by atoms with Crippen molar-refractivity contribution in [3.8, 4) is 0 Å². The van der Waals surface area contributed by atoms with Crippen LogP contribution in [0.5, 0.6) is 0 Å². The summed E-state index contributed by atoms with van der Waals surface area (Å²) in [5.41, 5.74) is 1.12. The predicted molar refractivity (Wildman–Crippen MR) is 105 cm³/mol. The number of nitrogens with zero attached hydrogens (tertiary/aromatic N) is 2. The van der Waals surface area contributed by atoms with Crippen LogP contribution in [0.1, 0.15) is 48.9 Å². The van der Waals surface area contributed by atoms with Gasteiger partial charge in [0.2, 0.25) is 5.91 Å². The van der Waals surface area contributed by atoms with Crippen molar-refractivity contribution in [2.45, 2.75) is 45.1 Å². The summed E-state index contributed by atoms with van der Waals surface area (Å²) in [4.78, 5) is 40.9. The summed E-state index contributed by atoms with van der Waals surface area (Å²) in [6, 6.07) is 5.04. The van der Waals surface area contributed by atoms with Gasteiger partial charge < -0.3 is 14.0 Å². The topological polar surface area (TPSA) is 87.0 Å². The molecule has 1 aliphatic carbocycles. The molecule has 0 radical (unpaired) electrons. The first-order valence-electron chi connectivity index (χ1n) is 9.38. The number of benzene rings is 1. The molecule has 1 saturated carbocycles. The lowest BCUT2D eigenvalue weighted by atomic mass is 9.87. The second-order valence-corrected chi connectivity index (χ2v) is 7.94. The Bertz CT molecular complexity index is 953. The predicted octanol–water partition coefficient (Wildman–Crippen LogP) is 3.06. The van der Waals surface area contributed by atoms with E-state index < -0.39 is 11.9 Å². The molecule has 0 unspecified atom stereocenters. The van der Waals surface area contributed by atoms with Crippen LogP contribution in [0.15, 0.2) is 23.2 Å². The lowest BCUT2D eigenvalue weighted by Gasteiger charge is -2.19. The molecule has 8 heteroatoms. The SMILES string of the molecule is COC(=O)Cn1c(=NC(=O)CC2CCCCC2)sc2cc(C(=O)OC)ccc21. The van der Waals surface area contributed by atoms with Gasteiger partial charge in [-0.05, 0) is 37.0 Å². The fraction of sp³-hybridized carbons (Fsp3) is 0.500. The summed E-state index contributed by atoms with van der Waals surface area (Å²) < 4.78 is 11.9. The summed E-state index contributed by atoms with van der Waals surface area (Å²) in [6.45, 7) is -0.0520. The molecule has 0 bridgehead atoms. The van der Waals surface area contributed by atoms with Crippen molar-refractivity contribution in [1.29, 1.82) is 0 Å². The molecule has 0 N–H and O–H groups in total. The van der Waals surface area contributed by atoms with Gasteiger partial charge in [0.05, 0.1) is 30.0 Å². The van der Waals surface area contributed by atoms with Crippen molar-refractivity contribution in [3.63, 3.8) is 0 Å². The zero-order valence-corrected chi connectivity index (χ0v) is 16.9. The van der Waals surface area contributed by atoms with Crippen LogP contribution in [-0.2, 0) is 25.6 Å². The molecule has 1 fully saturated rings. The van der Waals surface area contributed by atoms with E-state index in [9.17, 15) is 14.4 Å². The molecule has 0 spiro atoms. The Labute approximate surface area is 167 Å². The van der Waals surface area contributed by atoms with E-state index in [1.54, 1.807) is 22.8 Å². The zero-order chi connectivity index (χ0) is 20.1. The normalized spacial score (nSPS) is 15.6. The van der Waals surface area contributed by atoms with E-state index in [2.05, 4.69) is 4.99 Å². The van der Waals surface area contributed by atoms with Gasteiger partial charge in [0.1, 0.15) is 6.54 Å². The Hall–Kier alpha value is -2.48. The monoisotopic (exact) mass is 404 g/mol. The molecule has 1 aliphatic rings. The van der Waals surface area contributed by atoms with E-state index in [0.717, 1.165) is 17.5 Å². The molecule has 1 amide bonds. The molecule has 28 heavy (non-hydrogen) atoms. The lowest BCUT2D eigenvalue weighted by molar-refractivity contribution is -0.141. The summed E-state index contributed by atoms with van der Waals surface area (Å²) in [7, 11) is 2.64. The molecule has 0 atom stereocenters.